The molecule has 1 amide bonds. The van der Waals surface area contributed by atoms with Crippen molar-refractivity contribution in [3.8, 4) is 11.4 Å². The molecule has 4 rings (SSSR count). The van der Waals surface area contributed by atoms with Gasteiger partial charge in [-0.1, -0.05) is 23.7 Å². The molecule has 0 aliphatic rings. The average molecular weight is 434 g/mol. The van der Waals surface area contributed by atoms with E-state index in [4.69, 9.17) is 16.6 Å². The Morgan fingerprint density at radius 1 is 1.13 bits per heavy atom. The highest BCUT2D eigenvalue weighted by Gasteiger charge is 2.21. The Morgan fingerprint density at radius 2 is 1.90 bits per heavy atom. The number of aryl methyl sites for hydroxylation is 3. The van der Waals surface area contributed by atoms with Gasteiger partial charge < -0.3 is 4.90 Å². The first-order valence-corrected chi connectivity index (χ1v) is 10.4. The Bertz CT molecular complexity index is 1300. The minimum atomic E-state index is -0.0889. The number of benzene rings is 1. The Kier molecular flexibility index (Phi) is 5.50. The van der Waals surface area contributed by atoms with Crippen LogP contribution in [-0.2, 0) is 13.6 Å². The van der Waals surface area contributed by atoms with Crippen molar-refractivity contribution in [2.45, 2.75) is 27.3 Å². The molecule has 0 N–H and O–H groups in total. The van der Waals surface area contributed by atoms with Crippen LogP contribution in [0.25, 0.3) is 22.3 Å². The molecule has 0 radical (unpaired) electrons. The second kappa shape index (κ2) is 8.12. The topological polar surface area (TPSA) is 63.9 Å². The van der Waals surface area contributed by atoms with Crippen molar-refractivity contribution >= 4 is 28.4 Å². The number of fused-ring (bicyclic) bond motifs is 1. The Balaban J connectivity index is 1.83. The SMILES string of the molecule is Cc1nn(C)c(C)c1CN(C)C(=O)c1cc(-c2ccccn2)nc2c(C)c(Cl)ccc12. The predicted molar refractivity (Wildman–Crippen MR) is 123 cm³/mol. The zero-order chi connectivity index (χ0) is 22.3. The molecule has 0 unspecified atom stereocenters. The largest absolute Gasteiger partial charge is 0.337 e. The fourth-order valence-electron chi connectivity index (χ4n) is 3.79. The molecule has 31 heavy (non-hydrogen) atoms. The van der Waals surface area contributed by atoms with Crippen LogP contribution in [-0.4, -0.2) is 37.6 Å². The number of hydrogen-bond acceptors (Lipinski definition) is 4. The maximum atomic E-state index is 13.6. The molecule has 0 saturated heterocycles. The van der Waals surface area contributed by atoms with Gasteiger partial charge in [0, 0.05) is 48.5 Å². The molecule has 0 atom stereocenters. The highest BCUT2D eigenvalue weighted by atomic mass is 35.5. The Labute approximate surface area is 186 Å². The molecule has 0 aliphatic carbocycles. The van der Waals surface area contributed by atoms with Crippen molar-refractivity contribution in [3.63, 3.8) is 0 Å². The van der Waals surface area contributed by atoms with E-state index in [9.17, 15) is 4.79 Å². The van der Waals surface area contributed by atoms with Gasteiger partial charge in [-0.25, -0.2) is 4.98 Å². The lowest BCUT2D eigenvalue weighted by molar-refractivity contribution is 0.0786. The van der Waals surface area contributed by atoms with E-state index in [0.29, 0.717) is 34.0 Å². The first kappa shape index (κ1) is 21.0. The summed E-state index contributed by atoms with van der Waals surface area (Å²) in [6.07, 6.45) is 1.72. The number of carbonyl (C=O) groups is 1. The summed E-state index contributed by atoms with van der Waals surface area (Å²) in [6.45, 7) is 6.37. The fourth-order valence-corrected chi connectivity index (χ4v) is 3.94. The number of nitrogens with zero attached hydrogens (tertiary/aromatic N) is 5. The van der Waals surface area contributed by atoms with E-state index in [-0.39, 0.29) is 5.91 Å². The lowest BCUT2D eigenvalue weighted by atomic mass is 10.0. The first-order chi connectivity index (χ1) is 14.8. The second-order valence-corrected chi connectivity index (χ2v) is 8.18. The quantitative estimate of drug-likeness (QED) is 0.460. The van der Waals surface area contributed by atoms with E-state index in [1.165, 1.54) is 0 Å². The smallest absolute Gasteiger partial charge is 0.254 e. The van der Waals surface area contributed by atoms with E-state index in [1.807, 2.05) is 75.9 Å². The van der Waals surface area contributed by atoms with E-state index >= 15 is 0 Å². The summed E-state index contributed by atoms with van der Waals surface area (Å²) in [5.74, 6) is -0.0889. The number of amides is 1. The van der Waals surface area contributed by atoms with Gasteiger partial charge in [0.25, 0.3) is 5.91 Å². The first-order valence-electron chi connectivity index (χ1n) is 10.0. The van der Waals surface area contributed by atoms with Crippen LogP contribution in [0.5, 0.6) is 0 Å². The lowest BCUT2D eigenvalue weighted by Gasteiger charge is -2.20. The molecule has 0 aliphatic heterocycles. The molecule has 1 aromatic carbocycles. The molecule has 0 spiro atoms. The van der Waals surface area contributed by atoms with Gasteiger partial charge in [-0.05, 0) is 50.6 Å². The maximum absolute atomic E-state index is 13.6. The number of pyridine rings is 2. The van der Waals surface area contributed by atoms with Gasteiger partial charge in [0.15, 0.2) is 0 Å². The van der Waals surface area contributed by atoms with Crippen LogP contribution >= 0.6 is 11.6 Å². The average Bonchev–Trinajstić information content (AvgIpc) is 3.01. The highest BCUT2D eigenvalue weighted by Crippen LogP contribution is 2.30. The van der Waals surface area contributed by atoms with Crippen molar-refractivity contribution < 1.29 is 4.79 Å². The van der Waals surface area contributed by atoms with Gasteiger partial charge in [0.2, 0.25) is 0 Å². The molecule has 4 aromatic rings. The van der Waals surface area contributed by atoms with Gasteiger partial charge in [-0.3, -0.25) is 14.5 Å². The third-order valence-corrected chi connectivity index (χ3v) is 6.14. The molecule has 0 saturated carbocycles. The van der Waals surface area contributed by atoms with Crippen molar-refractivity contribution in [2.24, 2.45) is 7.05 Å². The van der Waals surface area contributed by atoms with Gasteiger partial charge in [0.05, 0.1) is 28.2 Å². The fraction of sp³-hybridized carbons (Fsp3) is 0.250. The van der Waals surface area contributed by atoms with Crippen molar-refractivity contribution in [3.05, 3.63) is 75.7 Å². The molecule has 0 fully saturated rings. The third-order valence-electron chi connectivity index (χ3n) is 5.73. The summed E-state index contributed by atoms with van der Waals surface area (Å²) in [5.41, 5.74) is 6.51. The van der Waals surface area contributed by atoms with E-state index in [2.05, 4.69) is 10.1 Å². The number of hydrogen-bond donors (Lipinski definition) is 0. The zero-order valence-electron chi connectivity index (χ0n) is 18.3. The molecular weight excluding hydrogens is 410 g/mol. The van der Waals surface area contributed by atoms with E-state index < -0.39 is 0 Å². The van der Waals surface area contributed by atoms with Crippen molar-refractivity contribution in [1.82, 2.24) is 24.6 Å². The predicted octanol–water partition coefficient (Wildman–Crippen LogP) is 4.88. The second-order valence-electron chi connectivity index (χ2n) is 7.77. The number of aromatic nitrogens is 4. The Hall–Kier alpha value is -3.25. The lowest BCUT2D eigenvalue weighted by Crippen LogP contribution is -2.27. The van der Waals surface area contributed by atoms with Crippen LogP contribution in [0.4, 0.5) is 0 Å². The molecule has 6 nitrogen and oxygen atoms in total. The molecule has 0 bridgehead atoms. The van der Waals surface area contributed by atoms with Crippen LogP contribution in [0.2, 0.25) is 5.02 Å². The van der Waals surface area contributed by atoms with Gasteiger partial charge >= 0.3 is 0 Å². The van der Waals surface area contributed by atoms with Gasteiger partial charge in [0.1, 0.15) is 0 Å². The van der Waals surface area contributed by atoms with Gasteiger partial charge in [-0.2, -0.15) is 5.10 Å². The number of rotatable bonds is 4. The van der Waals surface area contributed by atoms with E-state index in [1.54, 1.807) is 11.1 Å². The van der Waals surface area contributed by atoms with Crippen LogP contribution in [0.3, 0.4) is 0 Å². The monoisotopic (exact) mass is 433 g/mol. The molecule has 3 aromatic heterocycles. The van der Waals surface area contributed by atoms with Crippen LogP contribution in [0.1, 0.15) is 32.9 Å². The summed E-state index contributed by atoms with van der Waals surface area (Å²) in [7, 11) is 3.72. The minimum absolute atomic E-state index is 0.0889. The molecule has 3 heterocycles. The van der Waals surface area contributed by atoms with E-state index in [0.717, 1.165) is 27.9 Å². The number of carbonyl (C=O) groups excluding carboxylic acids is 1. The minimum Gasteiger partial charge on any atom is -0.337 e. The zero-order valence-corrected chi connectivity index (χ0v) is 19.0. The van der Waals surface area contributed by atoms with Crippen LogP contribution in [0, 0.1) is 20.8 Å². The summed E-state index contributed by atoms with van der Waals surface area (Å²) >= 11 is 6.36. The Morgan fingerprint density at radius 3 is 2.55 bits per heavy atom. The van der Waals surface area contributed by atoms with Gasteiger partial charge in [-0.15, -0.1) is 0 Å². The van der Waals surface area contributed by atoms with Crippen LogP contribution in [0.15, 0.2) is 42.6 Å². The molecule has 7 heteroatoms. The van der Waals surface area contributed by atoms with Crippen molar-refractivity contribution in [1.29, 1.82) is 0 Å². The molecular formula is C24H24ClN5O. The summed E-state index contributed by atoms with van der Waals surface area (Å²) in [4.78, 5) is 24.5. The van der Waals surface area contributed by atoms with Crippen LogP contribution < -0.4 is 0 Å². The molecule has 158 valence electrons. The third kappa shape index (κ3) is 3.79. The normalized spacial score (nSPS) is 11.2. The van der Waals surface area contributed by atoms with Crippen molar-refractivity contribution in [2.75, 3.05) is 7.05 Å². The summed E-state index contributed by atoms with van der Waals surface area (Å²) in [5, 5.41) is 5.86. The summed E-state index contributed by atoms with van der Waals surface area (Å²) in [6, 6.07) is 11.1. The standard InChI is InChI=1S/C24H24ClN5O/c1-14-20(25)10-9-17-18(12-22(27-23(14)17)21-8-6-7-11-26-21)24(31)29(4)13-19-15(2)28-30(5)16(19)3/h6-12H,13H2,1-5H3. The number of halogens is 1. The maximum Gasteiger partial charge on any atom is 0.254 e. The summed E-state index contributed by atoms with van der Waals surface area (Å²) < 4.78 is 1.84. The highest BCUT2D eigenvalue weighted by molar-refractivity contribution is 6.32.